The Morgan fingerprint density at radius 2 is 2.13 bits per heavy atom. The highest BCUT2D eigenvalue weighted by molar-refractivity contribution is 5.87. The third kappa shape index (κ3) is 5.46. The van der Waals surface area contributed by atoms with Crippen molar-refractivity contribution in [3.63, 3.8) is 0 Å². The summed E-state index contributed by atoms with van der Waals surface area (Å²) in [5, 5.41) is 22.0. The molecule has 0 radical (unpaired) electrons. The molecular weight excluding hydrogens is 512 g/mol. The second kappa shape index (κ2) is 10.8. The second-order valence-electron chi connectivity index (χ2n) is 8.77. The van der Waals surface area contributed by atoms with E-state index >= 15 is 0 Å². The number of fused-ring (bicyclic) bond motifs is 1. The fourth-order valence-corrected chi connectivity index (χ4v) is 4.22. The van der Waals surface area contributed by atoms with Gasteiger partial charge in [0.15, 0.2) is 0 Å². The molecule has 0 spiro atoms. The first kappa shape index (κ1) is 27.0. The average Bonchev–Trinajstić information content (AvgIpc) is 3.32. The smallest absolute Gasteiger partial charge is 0.408 e. The van der Waals surface area contributed by atoms with Gasteiger partial charge in [0.2, 0.25) is 17.7 Å². The summed E-state index contributed by atoms with van der Waals surface area (Å²) in [5.74, 6) is -0.324. The van der Waals surface area contributed by atoms with Gasteiger partial charge in [0, 0.05) is 18.3 Å². The molecule has 11 nitrogen and oxygen atoms in total. The number of benzene rings is 1. The minimum atomic E-state index is -4.50. The van der Waals surface area contributed by atoms with E-state index in [-0.39, 0.29) is 42.7 Å². The quantitative estimate of drug-likeness (QED) is 0.253. The normalized spacial score (nSPS) is 18.8. The fraction of sp³-hybridized carbons (Fsp3) is 0.435. The molecule has 0 unspecified atom stereocenters. The number of piperidine rings is 1. The Labute approximate surface area is 214 Å². The molecule has 1 aliphatic rings. The molecule has 4 rings (SSSR count). The summed E-state index contributed by atoms with van der Waals surface area (Å²) in [7, 11) is 1.39. The number of anilines is 2. The monoisotopic (exact) mass is 538 g/mol. The van der Waals surface area contributed by atoms with E-state index in [0.717, 1.165) is 6.92 Å². The van der Waals surface area contributed by atoms with Crippen LogP contribution < -0.4 is 15.4 Å². The summed E-state index contributed by atoms with van der Waals surface area (Å²) < 4.78 is 61.0. The zero-order valence-electron chi connectivity index (χ0n) is 20.5. The van der Waals surface area contributed by atoms with Gasteiger partial charge >= 0.3 is 6.18 Å². The molecule has 204 valence electrons. The van der Waals surface area contributed by atoms with E-state index < -0.39 is 36.9 Å². The number of aliphatic hydroxyl groups is 1. The standard InChI is InChI=1S/C23H26F4N8O3/c1-12(23(25,26)27)29-18-9-13(3-4-17(18)32-28)14-5-8-35-20(14)21(38-2)31-22(33-35)30-16-6-7-34(10-15(16)24)19(37)11-36/h3-5,8-9,12,15-16,28-29,36H,6-7,10-11H2,1-2H3,(H,30,33)/t12-,15-,16+/m1/s1. The van der Waals surface area contributed by atoms with Crippen molar-refractivity contribution in [1.82, 2.24) is 19.5 Å². The van der Waals surface area contributed by atoms with Crippen LogP contribution in [0, 0.1) is 5.53 Å². The molecule has 1 fully saturated rings. The van der Waals surface area contributed by atoms with Gasteiger partial charge in [-0.15, -0.1) is 5.10 Å². The van der Waals surface area contributed by atoms with Gasteiger partial charge in [0.25, 0.3) is 0 Å². The van der Waals surface area contributed by atoms with Crippen LogP contribution in [0.2, 0.25) is 0 Å². The van der Waals surface area contributed by atoms with Gasteiger partial charge in [0.1, 0.15) is 30.0 Å². The maximum atomic E-state index is 14.7. The Bertz CT molecular complexity index is 1330. The second-order valence-corrected chi connectivity index (χ2v) is 8.77. The van der Waals surface area contributed by atoms with Gasteiger partial charge in [-0.2, -0.15) is 23.3 Å². The van der Waals surface area contributed by atoms with Gasteiger partial charge in [-0.3, -0.25) is 4.79 Å². The number of aromatic nitrogens is 3. The van der Waals surface area contributed by atoms with E-state index in [4.69, 9.17) is 15.4 Å². The van der Waals surface area contributed by atoms with E-state index in [1.165, 1.54) is 28.7 Å². The number of amides is 1. The summed E-state index contributed by atoms with van der Waals surface area (Å²) in [6, 6.07) is 3.61. The van der Waals surface area contributed by atoms with Crippen molar-refractivity contribution in [3.8, 4) is 17.0 Å². The van der Waals surface area contributed by atoms with Crippen LogP contribution in [-0.2, 0) is 4.79 Å². The van der Waals surface area contributed by atoms with Crippen LogP contribution >= 0.6 is 0 Å². The van der Waals surface area contributed by atoms with Gasteiger partial charge in [-0.25, -0.2) is 14.4 Å². The van der Waals surface area contributed by atoms with E-state index in [1.807, 2.05) is 0 Å². The van der Waals surface area contributed by atoms with Gasteiger partial charge in [-0.05, 0) is 37.1 Å². The molecule has 1 aliphatic heterocycles. The van der Waals surface area contributed by atoms with Crippen LogP contribution in [0.4, 0.5) is 34.9 Å². The number of rotatable bonds is 8. The first-order valence-corrected chi connectivity index (χ1v) is 11.6. The first-order chi connectivity index (χ1) is 18.0. The number of hydrogen-bond acceptors (Lipinski definition) is 9. The molecule has 0 bridgehead atoms. The van der Waals surface area contributed by atoms with E-state index in [9.17, 15) is 22.4 Å². The predicted octanol–water partition coefficient (Wildman–Crippen LogP) is 3.77. The number of carbonyl (C=O) groups excluding carboxylic acids is 1. The van der Waals surface area contributed by atoms with Crippen molar-refractivity contribution >= 4 is 28.7 Å². The minimum Gasteiger partial charge on any atom is -0.479 e. The lowest BCUT2D eigenvalue weighted by Gasteiger charge is -2.34. The Morgan fingerprint density at radius 3 is 2.76 bits per heavy atom. The van der Waals surface area contributed by atoms with Crippen molar-refractivity contribution in [3.05, 3.63) is 30.5 Å². The largest absolute Gasteiger partial charge is 0.479 e. The number of aliphatic hydroxyl groups excluding tert-OH is 1. The highest BCUT2D eigenvalue weighted by Crippen LogP contribution is 2.37. The minimum absolute atomic E-state index is 0.0276. The van der Waals surface area contributed by atoms with Crippen LogP contribution in [0.15, 0.2) is 35.6 Å². The molecule has 3 aromatic rings. The number of ether oxygens (including phenoxy) is 1. The average molecular weight is 539 g/mol. The van der Waals surface area contributed by atoms with Gasteiger partial charge < -0.3 is 25.4 Å². The zero-order valence-corrected chi connectivity index (χ0v) is 20.5. The van der Waals surface area contributed by atoms with Crippen LogP contribution in [-0.4, -0.2) is 81.7 Å². The summed E-state index contributed by atoms with van der Waals surface area (Å²) in [6.45, 7) is 0.371. The van der Waals surface area contributed by atoms with Gasteiger partial charge in [0.05, 0.1) is 25.4 Å². The molecular formula is C23H26F4N8O3. The number of methoxy groups -OCH3 is 1. The summed E-state index contributed by atoms with van der Waals surface area (Å²) in [6.07, 6.45) is -4.05. The number of halogens is 4. The molecule has 38 heavy (non-hydrogen) atoms. The Kier molecular flexibility index (Phi) is 7.66. The molecule has 3 atom stereocenters. The lowest BCUT2D eigenvalue weighted by Crippen LogP contribution is -2.50. The van der Waals surface area contributed by atoms with Crippen LogP contribution in [0.3, 0.4) is 0 Å². The number of likely N-dealkylation sites (tertiary alicyclic amines) is 1. The zero-order chi connectivity index (χ0) is 27.6. The molecule has 2 aromatic heterocycles. The lowest BCUT2D eigenvalue weighted by molar-refractivity contribution is -0.138. The molecule has 15 heteroatoms. The first-order valence-electron chi connectivity index (χ1n) is 11.6. The molecule has 1 amide bonds. The number of nitrogens with one attached hydrogen (secondary N) is 3. The van der Waals surface area contributed by atoms with Crippen LogP contribution in [0.5, 0.6) is 5.88 Å². The molecule has 0 saturated carbocycles. The van der Waals surface area contributed by atoms with Gasteiger partial charge in [-0.1, -0.05) is 6.07 Å². The molecule has 4 N–H and O–H groups in total. The topological polar surface area (TPSA) is 140 Å². The maximum absolute atomic E-state index is 14.7. The molecule has 1 saturated heterocycles. The summed E-state index contributed by atoms with van der Waals surface area (Å²) in [5.41, 5.74) is 8.84. The lowest BCUT2D eigenvalue weighted by atomic mass is 10.0. The Hall–Kier alpha value is -4.01. The molecule has 3 heterocycles. The number of alkyl halides is 4. The highest BCUT2D eigenvalue weighted by atomic mass is 19.4. The molecule has 1 aromatic carbocycles. The van der Waals surface area contributed by atoms with Crippen molar-refractivity contribution < 1.29 is 32.2 Å². The summed E-state index contributed by atoms with van der Waals surface area (Å²) >= 11 is 0. The summed E-state index contributed by atoms with van der Waals surface area (Å²) in [4.78, 5) is 17.3. The third-order valence-electron chi connectivity index (χ3n) is 6.31. The fourth-order valence-electron chi connectivity index (χ4n) is 4.22. The number of hydrogen-bond donors (Lipinski definition) is 4. The number of carbonyl (C=O) groups is 1. The SMILES string of the molecule is COc1nc(N[C@H]2CCN(C(=O)CO)C[C@H]2F)nn2ccc(-c3ccc(N=N)c(N[C@H](C)C(F)(F)F)c3)c12. The van der Waals surface area contributed by atoms with Crippen LogP contribution in [0.25, 0.3) is 16.6 Å². The Morgan fingerprint density at radius 1 is 1.37 bits per heavy atom. The van der Waals surface area contributed by atoms with Crippen molar-refractivity contribution in [2.75, 3.05) is 37.4 Å². The van der Waals surface area contributed by atoms with E-state index in [1.54, 1.807) is 18.3 Å². The van der Waals surface area contributed by atoms with Crippen molar-refractivity contribution in [2.45, 2.75) is 37.8 Å². The third-order valence-corrected chi connectivity index (χ3v) is 6.31. The van der Waals surface area contributed by atoms with E-state index in [2.05, 4.69) is 25.8 Å². The highest BCUT2D eigenvalue weighted by Gasteiger charge is 2.36. The van der Waals surface area contributed by atoms with E-state index in [0.29, 0.717) is 16.6 Å². The van der Waals surface area contributed by atoms with Crippen molar-refractivity contribution in [2.24, 2.45) is 5.11 Å². The van der Waals surface area contributed by atoms with Crippen LogP contribution in [0.1, 0.15) is 13.3 Å². The van der Waals surface area contributed by atoms with Crippen molar-refractivity contribution in [1.29, 1.82) is 5.53 Å². The number of nitrogens with zero attached hydrogens (tertiary/aromatic N) is 5. The maximum Gasteiger partial charge on any atom is 0.408 e. The molecule has 0 aliphatic carbocycles. The Balaban J connectivity index is 1.63. The predicted molar refractivity (Wildman–Crippen MR) is 130 cm³/mol.